The molecule has 1 unspecified atom stereocenters. The molecule has 0 amide bonds. The number of rotatable bonds is 6. The van der Waals surface area contributed by atoms with Gasteiger partial charge in [-0.05, 0) is 30.5 Å². The fourth-order valence-corrected chi connectivity index (χ4v) is 2.12. The van der Waals surface area contributed by atoms with E-state index in [1.807, 2.05) is 13.8 Å². The number of carbonyl (C=O) groups excluding carboxylic acids is 1. The minimum absolute atomic E-state index is 0.104. The molecular weight excluding hydrogens is 248 g/mol. The van der Waals surface area contributed by atoms with Crippen LogP contribution in [0.15, 0.2) is 18.2 Å². The lowest BCUT2D eigenvalue weighted by Gasteiger charge is -2.19. The van der Waals surface area contributed by atoms with Gasteiger partial charge in [0.05, 0.1) is 5.92 Å². The lowest BCUT2D eigenvalue weighted by molar-refractivity contribution is -0.121. The monoisotopic (exact) mass is 267 g/mol. The minimum Gasteiger partial charge on any atom is -0.313 e. The van der Waals surface area contributed by atoms with Crippen LogP contribution in [0.2, 0.25) is 0 Å². The number of ketones is 1. The van der Waals surface area contributed by atoms with Crippen molar-refractivity contribution in [3.63, 3.8) is 0 Å². The van der Waals surface area contributed by atoms with Gasteiger partial charge in [-0.3, -0.25) is 4.79 Å². The van der Waals surface area contributed by atoms with Gasteiger partial charge in [-0.15, -0.1) is 0 Å². The van der Waals surface area contributed by atoms with E-state index in [0.29, 0.717) is 12.1 Å². The summed E-state index contributed by atoms with van der Waals surface area (Å²) < 4.78 is 26.3. The first kappa shape index (κ1) is 14.1. The zero-order valence-corrected chi connectivity index (χ0v) is 11.2. The van der Waals surface area contributed by atoms with Crippen LogP contribution in [0.4, 0.5) is 8.78 Å². The van der Waals surface area contributed by atoms with Crippen molar-refractivity contribution in [3.05, 3.63) is 35.4 Å². The smallest absolute Gasteiger partial charge is 0.159 e. The van der Waals surface area contributed by atoms with Gasteiger partial charge < -0.3 is 5.32 Å². The third kappa shape index (κ3) is 3.60. The molecule has 1 aliphatic carbocycles. The molecule has 19 heavy (non-hydrogen) atoms. The topological polar surface area (TPSA) is 29.1 Å². The molecular formula is C15H19F2NO. The maximum absolute atomic E-state index is 13.3. The number of carbonyl (C=O) groups is 1. The van der Waals surface area contributed by atoms with Crippen molar-refractivity contribution in [3.8, 4) is 0 Å². The molecule has 1 aromatic carbocycles. The van der Waals surface area contributed by atoms with Gasteiger partial charge in [0, 0.05) is 18.5 Å². The van der Waals surface area contributed by atoms with Gasteiger partial charge in [0.15, 0.2) is 11.6 Å². The van der Waals surface area contributed by atoms with Gasteiger partial charge in [-0.25, -0.2) is 8.78 Å². The van der Waals surface area contributed by atoms with Gasteiger partial charge in [0.2, 0.25) is 0 Å². The van der Waals surface area contributed by atoms with Gasteiger partial charge in [-0.2, -0.15) is 0 Å². The minimum atomic E-state index is -0.893. The molecule has 0 saturated heterocycles. The Morgan fingerprint density at radius 1 is 1.32 bits per heavy atom. The van der Waals surface area contributed by atoms with E-state index in [9.17, 15) is 13.6 Å². The number of hydrogen-bond donors (Lipinski definition) is 1. The van der Waals surface area contributed by atoms with E-state index in [-0.39, 0.29) is 23.7 Å². The quantitative estimate of drug-likeness (QED) is 0.858. The summed E-state index contributed by atoms with van der Waals surface area (Å²) in [6.07, 6.45) is 1.83. The zero-order chi connectivity index (χ0) is 14.0. The molecule has 2 rings (SSSR count). The second kappa shape index (κ2) is 5.78. The van der Waals surface area contributed by atoms with E-state index in [4.69, 9.17) is 0 Å². The average Bonchev–Trinajstić information content (AvgIpc) is 3.17. The fraction of sp³-hybridized carbons (Fsp3) is 0.533. The first-order chi connectivity index (χ1) is 8.99. The molecule has 1 saturated carbocycles. The van der Waals surface area contributed by atoms with Gasteiger partial charge in [0.25, 0.3) is 0 Å². The van der Waals surface area contributed by atoms with Gasteiger partial charge >= 0.3 is 0 Å². The molecule has 1 aliphatic rings. The molecule has 104 valence electrons. The lowest BCUT2D eigenvalue weighted by atomic mass is 9.91. The first-order valence-corrected chi connectivity index (χ1v) is 6.71. The average molecular weight is 267 g/mol. The lowest BCUT2D eigenvalue weighted by Crippen LogP contribution is -2.32. The van der Waals surface area contributed by atoms with E-state index in [1.54, 1.807) is 0 Å². The second-order valence-electron chi connectivity index (χ2n) is 5.47. The first-order valence-electron chi connectivity index (χ1n) is 6.71. The van der Waals surface area contributed by atoms with E-state index in [2.05, 4.69) is 5.32 Å². The maximum Gasteiger partial charge on any atom is 0.159 e. The summed E-state index contributed by atoms with van der Waals surface area (Å²) in [4.78, 5) is 12.3. The fourth-order valence-electron chi connectivity index (χ4n) is 2.12. The van der Waals surface area contributed by atoms with Crippen LogP contribution in [0.5, 0.6) is 0 Å². The van der Waals surface area contributed by atoms with Crippen LogP contribution in [0.1, 0.15) is 38.2 Å². The summed E-state index contributed by atoms with van der Waals surface area (Å²) in [6, 6.07) is 3.99. The predicted octanol–water partition coefficient (Wildman–Crippen LogP) is 3.03. The summed E-state index contributed by atoms with van der Waals surface area (Å²) >= 11 is 0. The van der Waals surface area contributed by atoms with Crippen LogP contribution in [-0.4, -0.2) is 18.4 Å². The van der Waals surface area contributed by atoms with E-state index in [0.717, 1.165) is 25.0 Å². The largest absolute Gasteiger partial charge is 0.313 e. The summed E-state index contributed by atoms with van der Waals surface area (Å²) in [5.41, 5.74) is 0.559. The van der Waals surface area contributed by atoms with Crippen LogP contribution < -0.4 is 5.32 Å². The van der Waals surface area contributed by atoms with Crippen molar-refractivity contribution < 1.29 is 13.6 Å². The molecule has 0 spiro atoms. The molecule has 1 aromatic rings. The molecule has 4 heteroatoms. The normalized spacial score (nSPS) is 16.7. The third-order valence-corrected chi connectivity index (χ3v) is 3.40. The summed E-state index contributed by atoms with van der Waals surface area (Å²) in [7, 11) is 0. The molecule has 1 atom stereocenters. The molecule has 0 aliphatic heterocycles. The number of hydrogen-bond acceptors (Lipinski definition) is 2. The highest BCUT2D eigenvalue weighted by Crippen LogP contribution is 2.35. The van der Waals surface area contributed by atoms with Crippen molar-refractivity contribution in [2.75, 3.05) is 6.54 Å². The highest BCUT2D eigenvalue weighted by atomic mass is 19.2. The van der Waals surface area contributed by atoms with E-state index in [1.165, 1.54) is 6.07 Å². The Balaban J connectivity index is 2.19. The van der Waals surface area contributed by atoms with Crippen molar-refractivity contribution in [2.24, 2.45) is 5.92 Å². The Labute approximate surface area is 112 Å². The summed E-state index contributed by atoms with van der Waals surface area (Å²) in [6.45, 7) is 4.45. The van der Waals surface area contributed by atoms with Gasteiger partial charge in [-0.1, -0.05) is 19.9 Å². The number of Topliss-reactive ketones (excluding diaryl/α,β-unsaturated/α-hetero) is 1. The Kier molecular flexibility index (Phi) is 4.30. The summed E-state index contributed by atoms with van der Waals surface area (Å²) in [5.74, 6) is -1.91. The molecule has 1 fully saturated rings. The maximum atomic E-state index is 13.3. The number of nitrogens with one attached hydrogen (secondary N) is 1. The second-order valence-corrected chi connectivity index (χ2v) is 5.47. The molecule has 0 heterocycles. The SMILES string of the molecule is CC(C)NCC(C(=O)C1CC1)c1ccc(F)c(F)c1. The van der Waals surface area contributed by atoms with Gasteiger partial charge in [0.1, 0.15) is 5.78 Å². The van der Waals surface area contributed by atoms with Crippen LogP contribution in [0.25, 0.3) is 0 Å². The highest BCUT2D eigenvalue weighted by molar-refractivity contribution is 5.89. The highest BCUT2D eigenvalue weighted by Gasteiger charge is 2.35. The molecule has 1 N–H and O–H groups in total. The zero-order valence-electron chi connectivity index (χ0n) is 11.2. The van der Waals surface area contributed by atoms with Crippen LogP contribution in [0.3, 0.4) is 0 Å². The number of benzene rings is 1. The van der Waals surface area contributed by atoms with E-state index < -0.39 is 11.6 Å². The van der Waals surface area contributed by atoms with Crippen molar-refractivity contribution in [1.29, 1.82) is 0 Å². The van der Waals surface area contributed by atoms with Crippen molar-refractivity contribution >= 4 is 5.78 Å². The Morgan fingerprint density at radius 3 is 2.53 bits per heavy atom. The molecule has 0 aromatic heterocycles. The molecule has 0 radical (unpaired) electrons. The predicted molar refractivity (Wildman–Crippen MR) is 70.0 cm³/mol. The van der Waals surface area contributed by atoms with Crippen LogP contribution in [-0.2, 0) is 4.79 Å². The number of halogens is 2. The van der Waals surface area contributed by atoms with E-state index >= 15 is 0 Å². The molecule has 2 nitrogen and oxygen atoms in total. The van der Waals surface area contributed by atoms with Crippen LogP contribution in [0, 0.1) is 17.6 Å². The van der Waals surface area contributed by atoms with Crippen molar-refractivity contribution in [2.45, 2.75) is 38.6 Å². The Hall–Kier alpha value is -1.29. The van der Waals surface area contributed by atoms with Crippen molar-refractivity contribution in [1.82, 2.24) is 5.32 Å². The molecule has 0 bridgehead atoms. The third-order valence-electron chi connectivity index (χ3n) is 3.40. The Bertz CT molecular complexity index is 469. The standard InChI is InChI=1S/C15H19F2NO/c1-9(2)18-8-12(15(19)10-3-4-10)11-5-6-13(16)14(17)7-11/h5-7,9-10,12,18H,3-4,8H2,1-2H3. The summed E-state index contributed by atoms with van der Waals surface area (Å²) in [5, 5.41) is 3.20. The van der Waals surface area contributed by atoms with Crippen LogP contribution >= 0.6 is 0 Å². The Morgan fingerprint density at radius 2 is 2.00 bits per heavy atom.